The van der Waals surface area contributed by atoms with Crippen molar-refractivity contribution in [1.29, 1.82) is 0 Å². The summed E-state index contributed by atoms with van der Waals surface area (Å²) in [4.78, 5) is 0. The summed E-state index contributed by atoms with van der Waals surface area (Å²) in [5.74, 6) is 0. The molecule has 0 aliphatic carbocycles. The van der Waals surface area contributed by atoms with Crippen molar-refractivity contribution in [3.63, 3.8) is 0 Å². The molecule has 0 unspecified atom stereocenters. The van der Waals surface area contributed by atoms with E-state index in [0.717, 1.165) is 0 Å². The monoisotopic (exact) mass is 786 g/mol. The summed E-state index contributed by atoms with van der Waals surface area (Å²) in [6.07, 6.45) is 0. The van der Waals surface area contributed by atoms with E-state index >= 15 is 0 Å². The number of fused-ring (bicyclic) bond motifs is 13. The molecular weight excluding hydrogens is 752 g/mol. The van der Waals surface area contributed by atoms with Gasteiger partial charge in [-0.15, -0.1) is 0 Å². The second-order valence-electron chi connectivity index (χ2n) is 15.2. The molecule has 12 aromatic rings. The Morgan fingerprint density at radius 2 is 0.439 bits per heavy atom. The molecule has 0 amide bonds. The molecule has 264 valence electrons. The van der Waals surface area contributed by atoms with Gasteiger partial charge >= 0.3 is 338 Å². The van der Waals surface area contributed by atoms with E-state index in [9.17, 15) is 0 Å². The van der Waals surface area contributed by atoms with Gasteiger partial charge in [0.1, 0.15) is 0 Å². The summed E-state index contributed by atoms with van der Waals surface area (Å²) < 4.78 is 2.89. The van der Waals surface area contributed by atoms with Crippen LogP contribution in [0.5, 0.6) is 0 Å². The van der Waals surface area contributed by atoms with Crippen molar-refractivity contribution in [2.24, 2.45) is 0 Å². The van der Waals surface area contributed by atoms with Gasteiger partial charge in [0.05, 0.1) is 0 Å². The molecule has 0 nitrogen and oxygen atoms in total. The van der Waals surface area contributed by atoms with Crippen LogP contribution in [0.3, 0.4) is 0 Å². The zero-order valence-electron chi connectivity index (χ0n) is 31.0. The molecular formula is C56H34Se. The average molecular weight is 786 g/mol. The van der Waals surface area contributed by atoms with E-state index in [2.05, 4.69) is 206 Å². The molecule has 0 fully saturated rings. The van der Waals surface area contributed by atoms with Crippen LogP contribution in [0, 0.1) is 0 Å². The quantitative estimate of drug-likeness (QED) is 0.123. The van der Waals surface area contributed by atoms with Crippen LogP contribution in [-0.2, 0) is 0 Å². The summed E-state index contributed by atoms with van der Waals surface area (Å²) in [6.45, 7) is 0. The van der Waals surface area contributed by atoms with Gasteiger partial charge in [0.2, 0.25) is 0 Å². The minimum atomic E-state index is 0.123. The van der Waals surface area contributed by atoms with E-state index in [1.807, 2.05) is 0 Å². The van der Waals surface area contributed by atoms with Crippen molar-refractivity contribution >= 4 is 89.9 Å². The fraction of sp³-hybridized carbons (Fsp3) is 0. The van der Waals surface area contributed by atoms with E-state index in [1.165, 1.54) is 118 Å². The van der Waals surface area contributed by atoms with Crippen molar-refractivity contribution in [3.05, 3.63) is 206 Å². The Morgan fingerprint density at radius 3 is 0.789 bits per heavy atom. The van der Waals surface area contributed by atoms with Crippen LogP contribution < -0.4 is 0 Å². The van der Waals surface area contributed by atoms with Gasteiger partial charge in [-0.3, -0.25) is 0 Å². The fourth-order valence-corrected chi connectivity index (χ4v) is 12.0. The van der Waals surface area contributed by atoms with Crippen LogP contribution in [-0.4, -0.2) is 14.5 Å². The minimum absolute atomic E-state index is 0.123. The Hall–Kier alpha value is -6.76. The van der Waals surface area contributed by atoms with Crippen molar-refractivity contribution in [2.75, 3.05) is 0 Å². The first-order valence-corrected chi connectivity index (χ1v) is 21.4. The zero-order valence-corrected chi connectivity index (χ0v) is 32.8. The van der Waals surface area contributed by atoms with Gasteiger partial charge in [0.25, 0.3) is 0 Å². The van der Waals surface area contributed by atoms with Gasteiger partial charge in [0, 0.05) is 0 Å². The topological polar surface area (TPSA) is 0 Å². The normalized spacial score (nSPS) is 11.9. The molecule has 0 radical (unpaired) electrons. The van der Waals surface area contributed by atoms with Crippen molar-refractivity contribution < 1.29 is 0 Å². The van der Waals surface area contributed by atoms with Crippen LogP contribution in [0.15, 0.2) is 206 Å². The third-order valence-electron chi connectivity index (χ3n) is 12.0. The van der Waals surface area contributed by atoms with Crippen molar-refractivity contribution in [1.82, 2.24) is 0 Å². The van der Waals surface area contributed by atoms with Gasteiger partial charge < -0.3 is 0 Å². The standard InChI is InChI=1S/C56H34Se/c1-3-21-45-41(17-1)43-19-5-7-23-47(43)53-33-37(27-29-49(45)53)35-13-11-15-39(31-35)55-51-25-9-10-26-52(51)56(57-55)40-16-12-14-36(32-40)38-28-30-50-46-22-4-2-18-42(46)44-20-6-8-24-48(44)54(50)34-38/h1-34H. The molecule has 0 aliphatic heterocycles. The molecule has 0 spiro atoms. The zero-order chi connectivity index (χ0) is 37.5. The first kappa shape index (κ1) is 32.5. The molecule has 0 N–H and O–H groups in total. The van der Waals surface area contributed by atoms with Gasteiger partial charge in [0.15, 0.2) is 0 Å². The predicted octanol–water partition coefficient (Wildman–Crippen LogP) is 15.5. The van der Waals surface area contributed by atoms with Crippen LogP contribution in [0.2, 0.25) is 0 Å². The second-order valence-corrected chi connectivity index (χ2v) is 17.3. The van der Waals surface area contributed by atoms with Gasteiger partial charge in [-0.05, 0) is 0 Å². The molecule has 0 saturated carbocycles. The Balaban J connectivity index is 0.970. The molecule has 11 aromatic carbocycles. The van der Waals surface area contributed by atoms with Crippen LogP contribution in [0.1, 0.15) is 0 Å². The summed E-state index contributed by atoms with van der Waals surface area (Å²) >= 11 is 0.123. The third kappa shape index (κ3) is 5.14. The van der Waals surface area contributed by atoms with Crippen LogP contribution in [0.4, 0.5) is 0 Å². The van der Waals surface area contributed by atoms with E-state index in [-0.39, 0.29) is 14.5 Å². The molecule has 0 saturated heterocycles. The molecule has 57 heavy (non-hydrogen) atoms. The summed E-state index contributed by atoms with van der Waals surface area (Å²) in [5, 5.41) is 18.4. The number of hydrogen-bond acceptors (Lipinski definition) is 0. The number of benzene rings is 11. The number of rotatable bonds is 4. The molecule has 0 aliphatic rings. The van der Waals surface area contributed by atoms with Crippen LogP contribution >= 0.6 is 0 Å². The van der Waals surface area contributed by atoms with Gasteiger partial charge in [-0.1, -0.05) is 0 Å². The Morgan fingerprint density at radius 1 is 0.175 bits per heavy atom. The summed E-state index contributed by atoms with van der Waals surface area (Å²) in [6, 6.07) is 76.9. The van der Waals surface area contributed by atoms with E-state index < -0.39 is 0 Å². The second kappa shape index (κ2) is 12.9. The third-order valence-corrected chi connectivity index (χ3v) is 14.8. The SMILES string of the molecule is c1cc(-c2ccc3c4ccccc4c4ccccc4c3c2)cc(-c2[se]c(-c3cccc(-c4ccc5c6ccccc6c6ccccc6c5c4)c3)c3ccccc23)c1. The number of hydrogen-bond donors (Lipinski definition) is 0. The molecule has 0 bridgehead atoms. The predicted molar refractivity (Wildman–Crippen MR) is 248 cm³/mol. The molecule has 12 rings (SSSR count). The average Bonchev–Trinajstić information content (AvgIpc) is 3.69. The van der Waals surface area contributed by atoms with E-state index in [0.29, 0.717) is 0 Å². The molecule has 0 atom stereocenters. The Bertz CT molecular complexity index is 3280. The first-order valence-electron chi connectivity index (χ1n) is 19.7. The summed E-state index contributed by atoms with van der Waals surface area (Å²) in [7, 11) is 0. The van der Waals surface area contributed by atoms with Crippen molar-refractivity contribution in [2.45, 2.75) is 0 Å². The summed E-state index contributed by atoms with van der Waals surface area (Å²) in [5.41, 5.74) is 7.61. The van der Waals surface area contributed by atoms with Gasteiger partial charge in [-0.25, -0.2) is 0 Å². The van der Waals surface area contributed by atoms with E-state index in [4.69, 9.17) is 0 Å². The van der Waals surface area contributed by atoms with Gasteiger partial charge in [-0.2, -0.15) is 0 Å². The maximum absolute atomic E-state index is 2.42. The molecule has 1 aromatic heterocycles. The first-order chi connectivity index (χ1) is 28.3. The maximum atomic E-state index is 2.42. The molecule has 1 heterocycles. The Kier molecular flexibility index (Phi) is 7.35. The Labute approximate surface area is 336 Å². The van der Waals surface area contributed by atoms with E-state index in [1.54, 1.807) is 0 Å². The van der Waals surface area contributed by atoms with Crippen LogP contribution in [0.25, 0.3) is 118 Å². The fourth-order valence-electron chi connectivity index (χ4n) is 9.37. The molecule has 1 heteroatoms. The van der Waals surface area contributed by atoms with Crippen molar-refractivity contribution in [3.8, 4) is 42.3 Å².